The molecule has 0 fully saturated rings. The number of nitrogens with one attached hydrogen (secondary N) is 1. The van der Waals surface area contributed by atoms with Crippen LogP contribution in [-0.4, -0.2) is 12.6 Å². The molecular formula is C11H16NO. The maximum Gasteiger partial charge on any atom is 0.118 e. The molecule has 0 atom stereocenters. The number of ether oxygens (including phenoxy) is 1. The Morgan fingerprint density at radius 1 is 1.23 bits per heavy atom. The number of methoxy groups -OCH3 is 1. The summed E-state index contributed by atoms with van der Waals surface area (Å²) in [5.41, 5.74) is 8.52. The average molecular weight is 178 g/mol. The lowest BCUT2D eigenvalue weighted by Gasteiger charge is -2.16. The number of benzene rings is 1. The van der Waals surface area contributed by atoms with Gasteiger partial charge >= 0.3 is 0 Å². The Morgan fingerprint density at radius 2 is 1.77 bits per heavy atom. The SMILES string of the molecule is COc1ccc(CC(C)(C)[NH])cc1. The summed E-state index contributed by atoms with van der Waals surface area (Å²) in [5, 5.41) is 0. The van der Waals surface area contributed by atoms with E-state index in [1.807, 2.05) is 38.1 Å². The molecule has 1 aromatic carbocycles. The molecule has 2 nitrogen and oxygen atoms in total. The molecule has 0 bridgehead atoms. The summed E-state index contributed by atoms with van der Waals surface area (Å²) < 4.78 is 5.05. The van der Waals surface area contributed by atoms with Crippen molar-refractivity contribution in [2.45, 2.75) is 25.8 Å². The third-order valence-electron chi connectivity index (χ3n) is 1.81. The van der Waals surface area contributed by atoms with Crippen LogP contribution in [0.5, 0.6) is 5.75 Å². The van der Waals surface area contributed by atoms with Crippen molar-refractivity contribution < 1.29 is 4.74 Å². The van der Waals surface area contributed by atoms with Crippen LogP contribution in [0, 0.1) is 0 Å². The molecular weight excluding hydrogens is 162 g/mol. The van der Waals surface area contributed by atoms with Crippen LogP contribution in [0.15, 0.2) is 24.3 Å². The summed E-state index contributed by atoms with van der Waals surface area (Å²) in [7, 11) is 1.66. The first-order chi connectivity index (χ1) is 6.01. The Morgan fingerprint density at radius 3 is 2.15 bits per heavy atom. The van der Waals surface area contributed by atoms with E-state index in [4.69, 9.17) is 10.5 Å². The van der Waals surface area contributed by atoms with Gasteiger partial charge in [-0.05, 0) is 38.0 Å². The van der Waals surface area contributed by atoms with Crippen molar-refractivity contribution in [2.24, 2.45) is 0 Å². The van der Waals surface area contributed by atoms with Gasteiger partial charge in [0.25, 0.3) is 0 Å². The Balaban J connectivity index is 2.70. The van der Waals surface area contributed by atoms with E-state index >= 15 is 0 Å². The van der Waals surface area contributed by atoms with Crippen molar-refractivity contribution in [3.8, 4) is 5.75 Å². The summed E-state index contributed by atoms with van der Waals surface area (Å²) in [6.45, 7) is 3.83. The second kappa shape index (κ2) is 3.79. The first-order valence-corrected chi connectivity index (χ1v) is 4.39. The average Bonchev–Trinajstić information content (AvgIpc) is 2.03. The number of hydrogen-bond donors (Lipinski definition) is 0. The van der Waals surface area contributed by atoms with E-state index in [1.54, 1.807) is 7.11 Å². The summed E-state index contributed by atoms with van der Waals surface area (Å²) in [6, 6.07) is 7.88. The van der Waals surface area contributed by atoms with Gasteiger partial charge in [-0.15, -0.1) is 0 Å². The van der Waals surface area contributed by atoms with Crippen LogP contribution in [-0.2, 0) is 6.42 Å². The highest BCUT2D eigenvalue weighted by molar-refractivity contribution is 5.27. The van der Waals surface area contributed by atoms with Crippen molar-refractivity contribution in [1.82, 2.24) is 5.73 Å². The molecule has 0 unspecified atom stereocenters. The number of hydrogen-bond acceptors (Lipinski definition) is 1. The summed E-state index contributed by atoms with van der Waals surface area (Å²) >= 11 is 0. The van der Waals surface area contributed by atoms with Crippen molar-refractivity contribution in [3.05, 3.63) is 29.8 Å². The molecule has 0 aliphatic rings. The lowest BCUT2D eigenvalue weighted by atomic mass is 9.96. The molecule has 0 saturated carbocycles. The second-order valence-corrected chi connectivity index (χ2v) is 3.91. The van der Waals surface area contributed by atoms with E-state index in [-0.39, 0.29) is 0 Å². The molecule has 1 N–H and O–H groups in total. The maximum atomic E-state index is 7.74. The molecule has 0 spiro atoms. The zero-order valence-electron chi connectivity index (χ0n) is 8.42. The highest BCUT2D eigenvalue weighted by Gasteiger charge is 2.12. The van der Waals surface area contributed by atoms with Gasteiger partial charge in [-0.25, -0.2) is 0 Å². The van der Waals surface area contributed by atoms with Gasteiger partial charge in [-0.2, -0.15) is 0 Å². The predicted molar refractivity (Wildman–Crippen MR) is 53.9 cm³/mol. The molecule has 0 saturated heterocycles. The van der Waals surface area contributed by atoms with E-state index in [9.17, 15) is 0 Å². The Bertz CT molecular complexity index is 258. The quantitative estimate of drug-likeness (QED) is 0.699. The van der Waals surface area contributed by atoms with Crippen LogP contribution >= 0.6 is 0 Å². The van der Waals surface area contributed by atoms with Gasteiger partial charge in [0, 0.05) is 5.54 Å². The highest BCUT2D eigenvalue weighted by atomic mass is 16.5. The van der Waals surface area contributed by atoms with Gasteiger partial charge in [0.05, 0.1) is 7.11 Å². The molecule has 1 aromatic rings. The van der Waals surface area contributed by atoms with Crippen molar-refractivity contribution in [1.29, 1.82) is 0 Å². The van der Waals surface area contributed by atoms with Gasteiger partial charge < -0.3 is 4.74 Å². The van der Waals surface area contributed by atoms with E-state index < -0.39 is 5.54 Å². The van der Waals surface area contributed by atoms with Gasteiger partial charge in [-0.3, -0.25) is 5.73 Å². The fraction of sp³-hybridized carbons (Fsp3) is 0.455. The first kappa shape index (κ1) is 10.1. The summed E-state index contributed by atoms with van der Waals surface area (Å²) in [4.78, 5) is 0. The fourth-order valence-corrected chi connectivity index (χ4v) is 1.25. The van der Waals surface area contributed by atoms with Gasteiger partial charge in [0.2, 0.25) is 0 Å². The smallest absolute Gasteiger partial charge is 0.118 e. The van der Waals surface area contributed by atoms with Gasteiger partial charge in [0.1, 0.15) is 5.75 Å². The largest absolute Gasteiger partial charge is 0.497 e. The van der Waals surface area contributed by atoms with Gasteiger partial charge in [0.15, 0.2) is 0 Å². The molecule has 0 heterocycles. The molecule has 0 aliphatic heterocycles. The lowest BCUT2D eigenvalue weighted by Crippen LogP contribution is -2.24. The normalized spacial score (nSPS) is 11.4. The minimum absolute atomic E-state index is 0.394. The van der Waals surface area contributed by atoms with Crippen molar-refractivity contribution in [2.75, 3.05) is 7.11 Å². The van der Waals surface area contributed by atoms with Crippen LogP contribution in [0.4, 0.5) is 0 Å². The molecule has 0 aliphatic carbocycles. The molecule has 0 amide bonds. The predicted octanol–water partition coefficient (Wildman–Crippen LogP) is 2.30. The minimum Gasteiger partial charge on any atom is -0.497 e. The zero-order valence-corrected chi connectivity index (χ0v) is 8.42. The van der Waals surface area contributed by atoms with Crippen molar-refractivity contribution >= 4 is 0 Å². The fourth-order valence-electron chi connectivity index (χ4n) is 1.25. The third kappa shape index (κ3) is 3.47. The Hall–Kier alpha value is -1.02. The van der Waals surface area contributed by atoms with Crippen LogP contribution in [0.1, 0.15) is 19.4 Å². The lowest BCUT2D eigenvalue weighted by molar-refractivity contribution is 0.414. The summed E-state index contributed by atoms with van der Waals surface area (Å²) in [6.07, 6.45) is 0.775. The van der Waals surface area contributed by atoms with Crippen LogP contribution in [0.2, 0.25) is 0 Å². The second-order valence-electron chi connectivity index (χ2n) is 3.91. The monoisotopic (exact) mass is 178 g/mol. The third-order valence-corrected chi connectivity index (χ3v) is 1.81. The summed E-state index contributed by atoms with van der Waals surface area (Å²) in [5.74, 6) is 0.867. The van der Waals surface area contributed by atoms with E-state index in [1.165, 1.54) is 5.56 Å². The Kier molecular flexibility index (Phi) is 2.94. The molecule has 2 heteroatoms. The molecule has 1 rings (SSSR count). The van der Waals surface area contributed by atoms with E-state index in [2.05, 4.69) is 0 Å². The topological polar surface area (TPSA) is 33.0 Å². The van der Waals surface area contributed by atoms with Crippen molar-refractivity contribution in [3.63, 3.8) is 0 Å². The van der Waals surface area contributed by atoms with Crippen LogP contribution < -0.4 is 10.5 Å². The Labute approximate surface area is 79.7 Å². The van der Waals surface area contributed by atoms with Crippen LogP contribution in [0.3, 0.4) is 0 Å². The van der Waals surface area contributed by atoms with E-state index in [0.717, 1.165) is 12.2 Å². The van der Waals surface area contributed by atoms with Gasteiger partial charge in [-0.1, -0.05) is 12.1 Å². The standard InChI is InChI=1S/C11H16NO/c1-11(2,12)8-9-4-6-10(13-3)7-5-9/h4-7,12H,8H2,1-3H3. The highest BCUT2D eigenvalue weighted by Crippen LogP contribution is 2.15. The molecule has 71 valence electrons. The molecule has 0 aromatic heterocycles. The number of rotatable bonds is 3. The van der Waals surface area contributed by atoms with E-state index in [0.29, 0.717) is 0 Å². The van der Waals surface area contributed by atoms with Crippen LogP contribution in [0.25, 0.3) is 0 Å². The minimum atomic E-state index is -0.394. The molecule has 13 heavy (non-hydrogen) atoms. The molecule has 1 radical (unpaired) electrons. The maximum absolute atomic E-state index is 7.74. The zero-order chi connectivity index (χ0) is 9.90. The first-order valence-electron chi connectivity index (χ1n) is 4.39.